The largest absolute Gasteiger partial charge is 0.329 e. The van der Waals surface area contributed by atoms with Crippen molar-refractivity contribution in [3.05, 3.63) is 57.5 Å². The molecule has 26 heavy (non-hydrogen) atoms. The molecule has 2 N–H and O–H groups in total. The van der Waals surface area contributed by atoms with E-state index in [0.29, 0.717) is 6.41 Å². The molecule has 0 radical (unpaired) electrons. The Balaban J connectivity index is 0.000000453. The van der Waals surface area contributed by atoms with E-state index in [-0.39, 0.29) is 11.3 Å². The average molecular weight is 385 g/mol. The highest BCUT2D eigenvalue weighted by atomic mass is 32.1. The second-order valence-electron chi connectivity index (χ2n) is 5.45. The third kappa shape index (κ3) is 8.06. The Morgan fingerprint density at radius 2 is 2.08 bits per heavy atom. The van der Waals surface area contributed by atoms with Gasteiger partial charge in [0, 0.05) is 29.6 Å². The van der Waals surface area contributed by atoms with E-state index in [1.165, 1.54) is 37.1 Å². The van der Waals surface area contributed by atoms with E-state index in [2.05, 4.69) is 29.5 Å². The number of nitrogens with one attached hydrogen (secondary N) is 2. The normalized spacial score (nSPS) is 14.1. The lowest BCUT2D eigenvalue weighted by atomic mass is 10.1. The summed E-state index contributed by atoms with van der Waals surface area (Å²) in [5.74, 6) is -2.92. The van der Waals surface area contributed by atoms with Gasteiger partial charge in [-0.05, 0) is 55.5 Å². The summed E-state index contributed by atoms with van der Waals surface area (Å²) in [6.45, 7) is 14.1. The average Bonchev–Trinajstić information content (AvgIpc) is 3.01. The maximum absolute atomic E-state index is 12.9. The summed E-state index contributed by atoms with van der Waals surface area (Å²) in [6.07, 6.45) is 5.40. The van der Waals surface area contributed by atoms with Gasteiger partial charge in [-0.1, -0.05) is 26.5 Å². The van der Waals surface area contributed by atoms with Crippen LogP contribution in [0.25, 0.3) is 0 Å². The van der Waals surface area contributed by atoms with Crippen molar-refractivity contribution in [3.63, 3.8) is 0 Å². The fourth-order valence-corrected chi connectivity index (χ4v) is 3.33. The van der Waals surface area contributed by atoms with Crippen molar-refractivity contribution in [2.45, 2.75) is 53.5 Å². The summed E-state index contributed by atoms with van der Waals surface area (Å²) in [5, 5.41) is 7.88. The first kappa shape index (κ1) is 24.2. The molecule has 1 aliphatic heterocycles. The van der Waals surface area contributed by atoms with Crippen molar-refractivity contribution in [2.75, 3.05) is 6.54 Å². The molecule has 0 aliphatic carbocycles. The van der Waals surface area contributed by atoms with Crippen LogP contribution in [-0.2, 0) is 17.8 Å². The van der Waals surface area contributed by atoms with E-state index in [1.54, 1.807) is 10.4 Å². The first-order chi connectivity index (χ1) is 12.3. The van der Waals surface area contributed by atoms with Crippen molar-refractivity contribution < 1.29 is 13.6 Å². The van der Waals surface area contributed by atoms with Crippen LogP contribution < -0.4 is 10.6 Å². The second-order valence-corrected chi connectivity index (χ2v) is 6.41. The number of aryl methyl sites for hydroxylation is 1. The third-order valence-corrected chi connectivity index (χ3v) is 4.75. The van der Waals surface area contributed by atoms with Crippen LogP contribution in [0.15, 0.2) is 41.5 Å². The van der Waals surface area contributed by atoms with Gasteiger partial charge in [-0.2, -0.15) is 0 Å². The summed E-state index contributed by atoms with van der Waals surface area (Å²) in [5.41, 5.74) is 3.17. The minimum absolute atomic E-state index is 0.165. The predicted octanol–water partition coefficient (Wildman–Crippen LogP) is 5.13. The lowest BCUT2D eigenvalue weighted by molar-refractivity contribution is -0.108. The van der Waals surface area contributed by atoms with Crippen LogP contribution in [0.1, 0.15) is 43.7 Å². The van der Waals surface area contributed by atoms with Gasteiger partial charge < -0.3 is 10.6 Å². The molecule has 146 valence electrons. The third-order valence-electron chi connectivity index (χ3n) is 3.60. The molecule has 1 amide bonds. The topological polar surface area (TPSA) is 41.1 Å². The maximum atomic E-state index is 12.9. The van der Waals surface area contributed by atoms with Crippen LogP contribution in [0.2, 0.25) is 0 Å². The van der Waals surface area contributed by atoms with Gasteiger partial charge in [-0.25, -0.2) is 8.78 Å². The lowest BCUT2D eigenvalue weighted by Crippen LogP contribution is -2.22. The van der Waals surface area contributed by atoms with E-state index in [4.69, 9.17) is 0 Å². The van der Waals surface area contributed by atoms with Crippen molar-refractivity contribution in [2.24, 2.45) is 0 Å². The minimum Gasteiger partial charge on any atom is -0.329 e. The quantitative estimate of drug-likeness (QED) is 0.546. The Labute approximate surface area is 159 Å². The first-order valence-corrected chi connectivity index (χ1v) is 9.57. The molecule has 0 spiro atoms. The molecule has 0 unspecified atom stereocenters. The summed E-state index contributed by atoms with van der Waals surface area (Å²) in [6, 6.07) is 0. The Hall–Kier alpha value is -1.79. The molecule has 1 aromatic heterocycles. The SMILES string of the molecule is C=C/C(=C\C(=C/C)C(C)(F)F)NC=O.CC.Cc1csc2c1CCNC2. The van der Waals surface area contributed by atoms with E-state index in [9.17, 15) is 13.6 Å². The number of alkyl halides is 2. The number of carbonyl (C=O) groups excluding carboxylic acids is 1. The molecule has 0 aromatic carbocycles. The zero-order valence-electron chi connectivity index (χ0n) is 16.3. The lowest BCUT2D eigenvalue weighted by Gasteiger charge is -2.12. The zero-order valence-corrected chi connectivity index (χ0v) is 17.1. The van der Waals surface area contributed by atoms with Gasteiger partial charge in [-0.15, -0.1) is 11.3 Å². The van der Waals surface area contributed by atoms with E-state index >= 15 is 0 Å². The van der Waals surface area contributed by atoms with Gasteiger partial charge in [0.1, 0.15) is 0 Å². The Morgan fingerprint density at radius 1 is 1.42 bits per heavy atom. The number of halogens is 2. The number of fused-ring (bicyclic) bond motifs is 1. The van der Waals surface area contributed by atoms with Crippen molar-refractivity contribution in [1.82, 2.24) is 10.6 Å². The fraction of sp³-hybridized carbons (Fsp3) is 0.450. The standard InChI is InChI=1S/C10H13F2NO.C8H11NS.C2H6/c1-4-8(10(3,11)12)6-9(5-2)13-7-14;1-6-5-10-8-4-9-3-2-7(6)8;1-2/h4-7H,2H2,1,3H3,(H,13,14);5,9H,2-4H2,1H3;1-2H3/b8-4+,9-6+;;. The molecule has 1 aliphatic rings. The second kappa shape index (κ2) is 12.5. The van der Waals surface area contributed by atoms with Gasteiger partial charge in [0.15, 0.2) is 0 Å². The van der Waals surface area contributed by atoms with Gasteiger partial charge in [0.05, 0.1) is 0 Å². The molecule has 2 rings (SSSR count). The number of hydrogen-bond donors (Lipinski definition) is 2. The van der Waals surface area contributed by atoms with Crippen LogP contribution in [0.4, 0.5) is 8.78 Å². The molecular formula is C20H30F2N2OS. The number of thiophene rings is 1. The molecule has 0 atom stereocenters. The van der Waals surface area contributed by atoms with E-state index in [0.717, 1.165) is 20.0 Å². The summed E-state index contributed by atoms with van der Waals surface area (Å²) in [4.78, 5) is 11.6. The van der Waals surface area contributed by atoms with Gasteiger partial charge in [-0.3, -0.25) is 4.79 Å². The van der Waals surface area contributed by atoms with E-state index < -0.39 is 5.92 Å². The van der Waals surface area contributed by atoms with Crippen LogP contribution in [-0.4, -0.2) is 18.9 Å². The Morgan fingerprint density at radius 3 is 2.54 bits per heavy atom. The van der Waals surface area contributed by atoms with Crippen molar-refractivity contribution in [3.8, 4) is 0 Å². The van der Waals surface area contributed by atoms with Crippen LogP contribution in [0.3, 0.4) is 0 Å². The monoisotopic (exact) mass is 384 g/mol. The predicted molar refractivity (Wildman–Crippen MR) is 108 cm³/mol. The fourth-order valence-electron chi connectivity index (χ4n) is 2.28. The maximum Gasteiger partial charge on any atom is 0.270 e. The molecule has 3 nitrogen and oxygen atoms in total. The highest BCUT2D eigenvalue weighted by molar-refractivity contribution is 7.10. The molecule has 2 heterocycles. The molecular weight excluding hydrogens is 354 g/mol. The van der Waals surface area contributed by atoms with Crippen LogP contribution in [0, 0.1) is 6.92 Å². The van der Waals surface area contributed by atoms with Crippen molar-refractivity contribution in [1.29, 1.82) is 0 Å². The first-order valence-electron chi connectivity index (χ1n) is 8.69. The smallest absolute Gasteiger partial charge is 0.270 e. The van der Waals surface area contributed by atoms with Crippen molar-refractivity contribution >= 4 is 17.7 Å². The molecule has 0 bridgehead atoms. The molecule has 1 aromatic rings. The van der Waals surface area contributed by atoms with Crippen LogP contribution in [0.5, 0.6) is 0 Å². The van der Waals surface area contributed by atoms with Crippen LogP contribution >= 0.6 is 11.3 Å². The summed E-state index contributed by atoms with van der Waals surface area (Å²) < 4.78 is 25.7. The molecule has 0 fully saturated rings. The molecule has 6 heteroatoms. The number of hydrogen-bond acceptors (Lipinski definition) is 3. The summed E-state index contributed by atoms with van der Waals surface area (Å²) >= 11 is 1.89. The number of rotatable bonds is 5. The Kier molecular flexibility index (Phi) is 11.7. The van der Waals surface area contributed by atoms with E-state index in [1.807, 2.05) is 25.2 Å². The minimum atomic E-state index is -2.92. The van der Waals surface area contributed by atoms with Gasteiger partial charge in [0.2, 0.25) is 6.41 Å². The number of carbonyl (C=O) groups is 1. The Bertz CT molecular complexity index is 628. The highest BCUT2D eigenvalue weighted by Crippen LogP contribution is 2.25. The van der Waals surface area contributed by atoms with Gasteiger partial charge in [0.25, 0.3) is 5.92 Å². The van der Waals surface area contributed by atoms with Gasteiger partial charge >= 0.3 is 0 Å². The number of amides is 1. The zero-order chi connectivity index (χ0) is 20.2. The molecule has 0 saturated carbocycles. The number of allylic oxidation sites excluding steroid dienone is 4. The highest BCUT2D eigenvalue weighted by Gasteiger charge is 2.25. The molecule has 0 saturated heterocycles. The summed E-state index contributed by atoms with van der Waals surface area (Å²) in [7, 11) is 0.